The number of hydrogen-bond donors (Lipinski definition) is 0. The summed E-state index contributed by atoms with van der Waals surface area (Å²) in [4.78, 5) is 14.3. The van der Waals surface area contributed by atoms with E-state index in [1.165, 1.54) is 38.4 Å². The SMILES string of the molecule is CC1CCC(C=O)(CN2CCOC3CCCC32)CC1. The van der Waals surface area contributed by atoms with Crippen LogP contribution in [0.2, 0.25) is 0 Å². The normalized spacial score (nSPS) is 43.9. The molecule has 108 valence electrons. The molecule has 1 saturated heterocycles. The average Bonchev–Trinajstić information content (AvgIpc) is 2.91. The Balaban J connectivity index is 1.66. The number of carbonyl (C=O) groups excluding carboxylic acids is 1. The summed E-state index contributed by atoms with van der Waals surface area (Å²) in [5, 5.41) is 0. The van der Waals surface area contributed by atoms with Gasteiger partial charge in [-0.25, -0.2) is 0 Å². The Labute approximate surface area is 116 Å². The van der Waals surface area contributed by atoms with Gasteiger partial charge in [0.2, 0.25) is 0 Å². The highest BCUT2D eigenvalue weighted by Crippen LogP contribution is 2.40. The fourth-order valence-electron chi connectivity index (χ4n) is 4.26. The highest BCUT2D eigenvalue weighted by Gasteiger charge is 2.41. The molecule has 1 heterocycles. The number of aldehydes is 1. The van der Waals surface area contributed by atoms with Gasteiger partial charge in [-0.15, -0.1) is 0 Å². The molecular weight excluding hydrogens is 238 g/mol. The van der Waals surface area contributed by atoms with E-state index in [1.54, 1.807) is 0 Å². The van der Waals surface area contributed by atoms with Gasteiger partial charge in [-0.05, 0) is 50.9 Å². The second-order valence-electron chi connectivity index (χ2n) is 7.04. The van der Waals surface area contributed by atoms with Crippen molar-refractivity contribution >= 4 is 6.29 Å². The van der Waals surface area contributed by atoms with Crippen molar-refractivity contribution in [3.05, 3.63) is 0 Å². The molecule has 0 aromatic heterocycles. The van der Waals surface area contributed by atoms with Crippen LogP contribution in [0.5, 0.6) is 0 Å². The molecule has 0 spiro atoms. The van der Waals surface area contributed by atoms with Gasteiger partial charge in [-0.3, -0.25) is 4.90 Å². The molecule has 0 aromatic carbocycles. The first-order valence-electron chi connectivity index (χ1n) is 8.04. The van der Waals surface area contributed by atoms with Gasteiger partial charge >= 0.3 is 0 Å². The first-order chi connectivity index (χ1) is 9.22. The van der Waals surface area contributed by atoms with Crippen molar-refractivity contribution in [3.8, 4) is 0 Å². The fraction of sp³-hybridized carbons (Fsp3) is 0.938. The zero-order valence-corrected chi connectivity index (χ0v) is 12.1. The number of carbonyl (C=O) groups is 1. The third-order valence-electron chi connectivity index (χ3n) is 5.64. The van der Waals surface area contributed by atoms with Crippen LogP contribution in [0, 0.1) is 11.3 Å². The molecule has 3 nitrogen and oxygen atoms in total. The van der Waals surface area contributed by atoms with Crippen LogP contribution < -0.4 is 0 Å². The lowest BCUT2D eigenvalue weighted by Crippen LogP contribution is -2.53. The highest BCUT2D eigenvalue weighted by atomic mass is 16.5. The van der Waals surface area contributed by atoms with Crippen LogP contribution in [0.4, 0.5) is 0 Å². The molecule has 0 radical (unpaired) electrons. The molecule has 3 aliphatic rings. The molecule has 2 unspecified atom stereocenters. The van der Waals surface area contributed by atoms with E-state index in [-0.39, 0.29) is 5.41 Å². The van der Waals surface area contributed by atoms with Gasteiger partial charge in [-0.2, -0.15) is 0 Å². The fourth-order valence-corrected chi connectivity index (χ4v) is 4.26. The summed E-state index contributed by atoms with van der Waals surface area (Å²) in [6.07, 6.45) is 10.1. The molecule has 2 saturated carbocycles. The number of hydrogen-bond acceptors (Lipinski definition) is 3. The van der Waals surface area contributed by atoms with Crippen molar-refractivity contribution in [1.82, 2.24) is 4.90 Å². The quantitative estimate of drug-likeness (QED) is 0.735. The predicted molar refractivity (Wildman–Crippen MR) is 75.1 cm³/mol. The van der Waals surface area contributed by atoms with Crippen LogP contribution in [0.25, 0.3) is 0 Å². The third-order valence-corrected chi connectivity index (χ3v) is 5.64. The molecule has 0 amide bonds. The maximum absolute atomic E-state index is 11.7. The predicted octanol–water partition coefficient (Wildman–Crippen LogP) is 2.64. The maximum atomic E-state index is 11.7. The van der Waals surface area contributed by atoms with Crippen LogP contribution in [0.3, 0.4) is 0 Å². The van der Waals surface area contributed by atoms with Crippen molar-refractivity contribution in [2.75, 3.05) is 19.7 Å². The van der Waals surface area contributed by atoms with E-state index in [0.717, 1.165) is 38.5 Å². The van der Waals surface area contributed by atoms with E-state index in [1.807, 2.05) is 0 Å². The second-order valence-corrected chi connectivity index (χ2v) is 7.04. The summed E-state index contributed by atoms with van der Waals surface area (Å²) in [5.41, 5.74) is -0.0585. The Bertz CT molecular complexity index is 323. The van der Waals surface area contributed by atoms with Gasteiger partial charge in [0.15, 0.2) is 0 Å². The summed E-state index contributed by atoms with van der Waals surface area (Å²) < 4.78 is 5.87. The monoisotopic (exact) mass is 265 g/mol. The van der Waals surface area contributed by atoms with Crippen molar-refractivity contribution < 1.29 is 9.53 Å². The van der Waals surface area contributed by atoms with Gasteiger partial charge in [0.25, 0.3) is 0 Å². The van der Waals surface area contributed by atoms with Crippen molar-refractivity contribution in [2.45, 2.75) is 64.0 Å². The summed E-state index contributed by atoms with van der Waals surface area (Å²) in [5.74, 6) is 0.803. The zero-order valence-electron chi connectivity index (χ0n) is 12.1. The number of morpholine rings is 1. The minimum Gasteiger partial charge on any atom is -0.375 e. The lowest BCUT2D eigenvalue weighted by molar-refractivity contribution is -0.123. The Morgan fingerprint density at radius 3 is 2.79 bits per heavy atom. The standard InChI is InChI=1S/C16H27NO2/c1-13-5-7-16(12-18,8-6-13)11-17-9-10-19-15-4-2-3-14(15)17/h12-15H,2-11H2,1H3. The minimum absolute atomic E-state index is 0.0585. The molecule has 0 bridgehead atoms. The van der Waals surface area contributed by atoms with E-state index in [2.05, 4.69) is 11.8 Å². The molecule has 2 aliphatic carbocycles. The summed E-state index contributed by atoms with van der Waals surface area (Å²) in [6.45, 7) is 5.17. The van der Waals surface area contributed by atoms with E-state index < -0.39 is 0 Å². The van der Waals surface area contributed by atoms with E-state index in [4.69, 9.17) is 4.74 Å². The second kappa shape index (κ2) is 5.53. The van der Waals surface area contributed by atoms with E-state index in [9.17, 15) is 4.79 Å². The summed E-state index contributed by atoms with van der Waals surface area (Å²) in [7, 11) is 0. The number of nitrogens with zero attached hydrogens (tertiary/aromatic N) is 1. The Morgan fingerprint density at radius 1 is 1.26 bits per heavy atom. The Morgan fingerprint density at radius 2 is 2.05 bits per heavy atom. The van der Waals surface area contributed by atoms with Crippen LogP contribution >= 0.6 is 0 Å². The summed E-state index contributed by atoms with van der Waals surface area (Å²) >= 11 is 0. The lowest BCUT2D eigenvalue weighted by Gasteiger charge is -2.44. The average molecular weight is 265 g/mol. The van der Waals surface area contributed by atoms with Crippen molar-refractivity contribution in [1.29, 1.82) is 0 Å². The summed E-state index contributed by atoms with van der Waals surface area (Å²) in [6, 6.07) is 0.588. The highest BCUT2D eigenvalue weighted by molar-refractivity contribution is 5.60. The first kappa shape index (κ1) is 13.6. The van der Waals surface area contributed by atoms with Gasteiger partial charge in [0.05, 0.1) is 12.7 Å². The molecule has 3 heteroatoms. The largest absolute Gasteiger partial charge is 0.375 e. The number of ether oxygens (including phenoxy) is 1. The minimum atomic E-state index is -0.0585. The molecule has 3 rings (SSSR count). The Hall–Kier alpha value is -0.410. The van der Waals surface area contributed by atoms with Gasteiger partial charge in [0, 0.05) is 24.5 Å². The number of fused-ring (bicyclic) bond motifs is 1. The maximum Gasteiger partial charge on any atom is 0.127 e. The molecule has 2 atom stereocenters. The molecular formula is C16H27NO2. The van der Waals surface area contributed by atoms with Gasteiger partial charge < -0.3 is 9.53 Å². The molecule has 3 fully saturated rings. The van der Waals surface area contributed by atoms with Crippen molar-refractivity contribution in [3.63, 3.8) is 0 Å². The zero-order chi connectivity index (χ0) is 13.3. The number of rotatable bonds is 3. The molecule has 19 heavy (non-hydrogen) atoms. The van der Waals surface area contributed by atoms with E-state index >= 15 is 0 Å². The van der Waals surface area contributed by atoms with Crippen LogP contribution in [-0.2, 0) is 9.53 Å². The molecule has 1 aliphatic heterocycles. The first-order valence-corrected chi connectivity index (χ1v) is 8.04. The van der Waals surface area contributed by atoms with Gasteiger partial charge in [0.1, 0.15) is 6.29 Å². The lowest BCUT2D eigenvalue weighted by atomic mass is 9.71. The third kappa shape index (κ3) is 2.73. The topological polar surface area (TPSA) is 29.5 Å². The van der Waals surface area contributed by atoms with Crippen LogP contribution in [0.15, 0.2) is 0 Å². The smallest absolute Gasteiger partial charge is 0.127 e. The van der Waals surface area contributed by atoms with Gasteiger partial charge in [-0.1, -0.05) is 6.92 Å². The van der Waals surface area contributed by atoms with E-state index in [0.29, 0.717) is 12.1 Å². The molecule has 0 N–H and O–H groups in total. The van der Waals surface area contributed by atoms with Crippen molar-refractivity contribution in [2.24, 2.45) is 11.3 Å². The van der Waals surface area contributed by atoms with Crippen LogP contribution in [-0.4, -0.2) is 43.0 Å². The van der Waals surface area contributed by atoms with Crippen LogP contribution in [0.1, 0.15) is 51.9 Å². The molecule has 0 aromatic rings. The Kier molecular flexibility index (Phi) is 3.95.